The Hall–Kier alpha value is -3.55. The van der Waals surface area contributed by atoms with E-state index in [-0.39, 0.29) is 25.6 Å². The highest BCUT2D eigenvalue weighted by Gasteiger charge is 2.58. The van der Waals surface area contributed by atoms with Crippen LogP contribution in [0.15, 0.2) is 38.0 Å². The van der Waals surface area contributed by atoms with Gasteiger partial charge in [-0.2, -0.15) is 0 Å². The van der Waals surface area contributed by atoms with Gasteiger partial charge in [0, 0.05) is 24.8 Å². The topological polar surface area (TPSA) is 173 Å². The molecule has 2 aliphatic rings. The number of aliphatic hydroxyl groups excluding tert-OH is 2. The summed E-state index contributed by atoms with van der Waals surface area (Å²) < 4.78 is 19.3. The number of ether oxygens (including phenoxy) is 4. The molecule has 3 unspecified atom stereocenters. The van der Waals surface area contributed by atoms with Crippen molar-refractivity contribution < 1.29 is 53.1 Å². The van der Waals surface area contributed by atoms with Crippen LogP contribution in [0.4, 0.5) is 4.79 Å². The van der Waals surface area contributed by atoms with E-state index < -0.39 is 53.8 Å². The molecule has 2 N–H and O–H groups in total. The van der Waals surface area contributed by atoms with Crippen LogP contribution in [0.2, 0.25) is 0 Å². The van der Waals surface area contributed by atoms with Crippen LogP contribution in [0, 0.1) is 0 Å². The molecule has 0 radical (unpaired) electrons. The minimum absolute atomic E-state index is 0.0165. The van der Waals surface area contributed by atoms with Crippen LogP contribution in [0.5, 0.6) is 0 Å². The molecule has 0 aromatic rings. The average molecular weight is 513 g/mol. The molecule has 2 heterocycles. The van der Waals surface area contributed by atoms with E-state index in [1.54, 1.807) is 20.8 Å². The second-order valence-corrected chi connectivity index (χ2v) is 8.37. The Balaban J connectivity index is 0.000000362. The van der Waals surface area contributed by atoms with E-state index in [9.17, 15) is 34.2 Å². The highest BCUT2D eigenvalue weighted by atomic mass is 16.9. The highest BCUT2D eigenvalue weighted by molar-refractivity contribution is 6.06. The summed E-state index contributed by atoms with van der Waals surface area (Å²) >= 11 is 0. The minimum Gasteiger partial charge on any atom is -0.392 e. The van der Waals surface area contributed by atoms with Crippen molar-refractivity contribution >= 4 is 29.8 Å². The number of urea groups is 1. The monoisotopic (exact) mass is 512 g/mol. The van der Waals surface area contributed by atoms with Crippen LogP contribution in [0.25, 0.3) is 0 Å². The largest absolute Gasteiger partial charge is 0.454 e. The van der Waals surface area contributed by atoms with Crippen molar-refractivity contribution in [3.63, 3.8) is 0 Å². The van der Waals surface area contributed by atoms with Gasteiger partial charge in [-0.15, -0.1) is 0 Å². The fourth-order valence-corrected chi connectivity index (χ4v) is 2.97. The summed E-state index contributed by atoms with van der Waals surface area (Å²) in [7, 11) is 0. The van der Waals surface area contributed by atoms with Crippen LogP contribution < -0.4 is 0 Å². The van der Waals surface area contributed by atoms with Crippen molar-refractivity contribution in [3.8, 4) is 0 Å². The third-order valence-corrected chi connectivity index (χ3v) is 4.75. The first-order valence-electron chi connectivity index (χ1n) is 10.8. The fourth-order valence-electron chi connectivity index (χ4n) is 2.97. The van der Waals surface area contributed by atoms with Gasteiger partial charge in [-0.05, 0) is 27.7 Å². The Labute approximate surface area is 208 Å². The Morgan fingerprint density at radius 2 is 1.39 bits per heavy atom. The molecule has 0 spiro atoms. The van der Waals surface area contributed by atoms with Crippen molar-refractivity contribution in [1.82, 2.24) is 9.80 Å². The minimum atomic E-state index is -2.30. The Bertz CT molecular complexity index is 851. The molecule has 0 aliphatic carbocycles. The summed E-state index contributed by atoms with van der Waals surface area (Å²) in [5, 5.41) is 18.6. The van der Waals surface area contributed by atoms with Gasteiger partial charge < -0.3 is 34.1 Å². The SMILES string of the molecule is C=CC(=O)OC(OC(=O)C=C)(OC(=O)C=C)C1CO1.CC(O)CN1C(=O)N(CC(C)O)C(C)(C)C1=O. The Kier molecular flexibility index (Phi) is 10.5. The molecular formula is C23H32N2O11. The molecule has 2 saturated heterocycles. The number of hydrogen-bond donors (Lipinski definition) is 2. The molecule has 13 heteroatoms. The summed E-state index contributed by atoms with van der Waals surface area (Å²) in [6.07, 6.45) is 0.0916. The van der Waals surface area contributed by atoms with Crippen molar-refractivity contribution in [2.45, 2.75) is 57.5 Å². The normalized spacial score (nSPS) is 19.8. The summed E-state index contributed by atoms with van der Waals surface area (Å²) in [4.78, 5) is 60.2. The molecule has 3 amide bonds. The predicted molar refractivity (Wildman–Crippen MR) is 123 cm³/mol. The Morgan fingerprint density at radius 3 is 1.69 bits per heavy atom. The lowest BCUT2D eigenvalue weighted by molar-refractivity contribution is -0.331. The van der Waals surface area contributed by atoms with Gasteiger partial charge >= 0.3 is 29.9 Å². The predicted octanol–water partition coefficient (Wildman–Crippen LogP) is 0.0174. The van der Waals surface area contributed by atoms with Crippen molar-refractivity contribution in [1.29, 1.82) is 0 Å². The lowest BCUT2D eigenvalue weighted by atomic mass is 10.0. The van der Waals surface area contributed by atoms with E-state index in [4.69, 9.17) is 18.9 Å². The number of nitrogens with zero attached hydrogens (tertiary/aromatic N) is 2. The first-order valence-corrected chi connectivity index (χ1v) is 10.8. The van der Waals surface area contributed by atoms with E-state index in [1.807, 2.05) is 0 Å². The van der Waals surface area contributed by atoms with Gasteiger partial charge in [0.15, 0.2) is 0 Å². The third-order valence-electron chi connectivity index (χ3n) is 4.75. The maximum Gasteiger partial charge on any atom is 0.454 e. The second-order valence-electron chi connectivity index (χ2n) is 8.37. The molecule has 0 aromatic carbocycles. The van der Waals surface area contributed by atoms with Crippen molar-refractivity contribution in [3.05, 3.63) is 38.0 Å². The Morgan fingerprint density at radius 1 is 1.00 bits per heavy atom. The van der Waals surface area contributed by atoms with Gasteiger partial charge in [0.1, 0.15) is 5.54 Å². The third kappa shape index (κ3) is 7.73. The van der Waals surface area contributed by atoms with E-state index in [0.29, 0.717) is 0 Å². The van der Waals surface area contributed by atoms with Crippen LogP contribution in [0.1, 0.15) is 27.7 Å². The van der Waals surface area contributed by atoms with E-state index in [2.05, 4.69) is 19.7 Å². The number of imide groups is 1. The number of amides is 3. The maximum atomic E-state index is 12.0. The van der Waals surface area contributed by atoms with Crippen molar-refractivity contribution in [2.75, 3.05) is 19.7 Å². The molecule has 200 valence electrons. The second kappa shape index (κ2) is 12.4. The zero-order chi connectivity index (χ0) is 27.8. The number of rotatable bonds is 11. The van der Waals surface area contributed by atoms with Gasteiger partial charge in [-0.25, -0.2) is 19.2 Å². The lowest BCUT2D eigenvalue weighted by Gasteiger charge is -2.28. The number of epoxide rings is 1. The summed E-state index contributed by atoms with van der Waals surface area (Å²) in [6, 6.07) is -0.457. The van der Waals surface area contributed by atoms with Gasteiger partial charge in [0.25, 0.3) is 5.91 Å². The van der Waals surface area contributed by atoms with Gasteiger partial charge in [-0.3, -0.25) is 9.69 Å². The van der Waals surface area contributed by atoms with Crippen LogP contribution in [0.3, 0.4) is 0 Å². The molecular weight excluding hydrogens is 480 g/mol. The number of carbonyl (C=O) groups is 5. The number of esters is 3. The summed E-state index contributed by atoms with van der Waals surface area (Å²) in [6.45, 7) is 16.1. The molecule has 2 aliphatic heterocycles. The molecule has 0 saturated carbocycles. The summed E-state index contributed by atoms with van der Waals surface area (Å²) in [5.41, 5.74) is -0.969. The average Bonchev–Trinajstić information content (AvgIpc) is 3.63. The molecule has 0 aromatic heterocycles. The van der Waals surface area contributed by atoms with E-state index >= 15 is 0 Å². The zero-order valence-corrected chi connectivity index (χ0v) is 20.7. The van der Waals surface area contributed by atoms with Crippen LogP contribution in [-0.4, -0.2) is 99.4 Å². The molecule has 36 heavy (non-hydrogen) atoms. The van der Waals surface area contributed by atoms with Gasteiger partial charge in [0.2, 0.25) is 6.10 Å². The van der Waals surface area contributed by atoms with E-state index in [0.717, 1.165) is 23.1 Å². The number of hydrogen-bond acceptors (Lipinski definition) is 11. The van der Waals surface area contributed by atoms with Gasteiger partial charge in [-0.1, -0.05) is 19.7 Å². The first kappa shape index (κ1) is 30.5. The number of carbonyl (C=O) groups excluding carboxylic acids is 5. The zero-order valence-electron chi connectivity index (χ0n) is 20.7. The van der Waals surface area contributed by atoms with Crippen molar-refractivity contribution in [2.24, 2.45) is 0 Å². The molecule has 2 rings (SSSR count). The lowest BCUT2D eigenvalue weighted by Crippen LogP contribution is -2.48. The van der Waals surface area contributed by atoms with Crippen LogP contribution in [-0.2, 0) is 38.1 Å². The molecule has 3 atom stereocenters. The number of aliphatic hydroxyl groups is 2. The molecule has 2 fully saturated rings. The fraction of sp³-hybridized carbons (Fsp3) is 0.522. The standard InChI is InChI=1S/C12H12O7.C11H20N2O4/c1-4-9(13)17-12(8-7-16-8,18-10(14)5-2)19-11(15)6-3;1-7(14)5-12-9(16)11(3,4)13(10(12)17)6-8(2)15/h4-6,8H,1-3,7H2;7-8,14-15H,5-6H2,1-4H3. The molecule has 13 nitrogen and oxygen atoms in total. The number of β-amino-alcohol motifs (C(OH)–C–C–N with tert-alkyl or cyclic N) is 2. The summed E-state index contributed by atoms with van der Waals surface area (Å²) in [5.74, 6) is -5.51. The van der Waals surface area contributed by atoms with Crippen LogP contribution >= 0.6 is 0 Å². The van der Waals surface area contributed by atoms with Gasteiger partial charge in [0.05, 0.1) is 25.4 Å². The maximum absolute atomic E-state index is 12.0. The molecule has 0 bridgehead atoms. The highest BCUT2D eigenvalue weighted by Crippen LogP contribution is 2.32. The quantitative estimate of drug-likeness (QED) is 0.126. The van der Waals surface area contributed by atoms with E-state index in [1.165, 1.54) is 11.8 Å². The first-order chi connectivity index (χ1) is 16.6. The smallest absolute Gasteiger partial charge is 0.392 e.